The van der Waals surface area contributed by atoms with Crippen LogP contribution in [-0.2, 0) is 9.59 Å². The molecule has 4 aromatic rings. The molecule has 6 nitrogen and oxygen atoms in total. The van der Waals surface area contributed by atoms with Crippen LogP contribution in [0, 0.1) is 25.7 Å². The molecular weight excluding hydrogens is 949 g/mol. The number of anilines is 2. The Morgan fingerprint density at radius 3 is 1.16 bits per heavy atom. The minimum Gasteiger partial charge on any atom is -0.287 e. The third-order valence-corrected chi connectivity index (χ3v) is 18.2. The summed E-state index contributed by atoms with van der Waals surface area (Å²) in [5.41, 5.74) is 3.89. The first kappa shape index (κ1) is 59.1. The Kier molecular flexibility index (Phi) is 25.4. The van der Waals surface area contributed by atoms with E-state index in [0.717, 1.165) is 119 Å². The Hall–Kier alpha value is -4.14. The number of carbonyl (C=O) groups excluding carboxylic acids is 4. The van der Waals surface area contributed by atoms with Crippen molar-refractivity contribution in [2.75, 3.05) is 9.80 Å². The lowest BCUT2D eigenvalue weighted by Gasteiger charge is -2.29. The lowest BCUT2D eigenvalue weighted by Crippen LogP contribution is -2.41. The highest BCUT2D eigenvalue weighted by Crippen LogP contribution is 2.47. The van der Waals surface area contributed by atoms with Gasteiger partial charge >= 0.3 is 0 Å². The molecule has 0 radical (unpaired) electrons. The highest BCUT2D eigenvalue weighted by Gasteiger charge is 2.48. The molecule has 0 saturated heterocycles. The number of unbranched alkanes of at least 4 members (excludes halogenated alkanes) is 24. The second-order valence-corrected chi connectivity index (χ2v) is 24.4. The van der Waals surface area contributed by atoms with E-state index in [4.69, 9.17) is 0 Å². The lowest BCUT2D eigenvalue weighted by atomic mass is 9.92. The molecule has 0 bridgehead atoms. The molecule has 6 rings (SSSR count). The summed E-state index contributed by atoms with van der Waals surface area (Å²) in [7, 11) is 0. The number of benzene rings is 2. The molecule has 8 heteroatoms. The maximum absolute atomic E-state index is 16.0. The second kappa shape index (κ2) is 31.8. The molecule has 0 spiro atoms. The van der Waals surface area contributed by atoms with Crippen molar-refractivity contribution < 1.29 is 19.2 Å². The van der Waals surface area contributed by atoms with Crippen LogP contribution in [0.1, 0.15) is 264 Å². The van der Waals surface area contributed by atoms with Gasteiger partial charge in [-0.15, -0.1) is 22.7 Å². The van der Waals surface area contributed by atoms with Gasteiger partial charge in [-0.2, -0.15) is 0 Å². The Balaban J connectivity index is 1.42. The van der Waals surface area contributed by atoms with E-state index in [1.54, 1.807) is 32.5 Å². The smallest absolute Gasteiger partial charge is 0.234 e. The van der Waals surface area contributed by atoms with Crippen LogP contribution in [0.5, 0.6) is 0 Å². The Bertz CT molecular complexity index is 2420. The summed E-state index contributed by atoms with van der Waals surface area (Å²) >= 11 is 3.49. The van der Waals surface area contributed by atoms with Crippen LogP contribution in [0.25, 0.3) is 20.2 Å². The topological polar surface area (TPSA) is 74.8 Å². The van der Waals surface area contributed by atoms with Crippen LogP contribution in [0.3, 0.4) is 0 Å². The van der Waals surface area contributed by atoms with Crippen molar-refractivity contribution in [2.45, 2.75) is 247 Å². The normalized spacial score (nSPS) is 15.1. The maximum atomic E-state index is 16.0. The van der Waals surface area contributed by atoms with Crippen LogP contribution < -0.4 is 9.80 Å². The largest absolute Gasteiger partial charge is 0.287 e. The minimum atomic E-state index is -0.354. The van der Waals surface area contributed by atoms with Crippen LogP contribution in [0.2, 0.25) is 0 Å². The fraction of sp³-hybridized carbons (Fsp3) is 0.606. The van der Waals surface area contributed by atoms with Crippen molar-refractivity contribution in [3.05, 3.63) is 93.6 Å². The van der Waals surface area contributed by atoms with E-state index < -0.39 is 0 Å². The molecule has 0 fully saturated rings. The van der Waals surface area contributed by atoms with Crippen molar-refractivity contribution in [3.8, 4) is 20.2 Å². The van der Waals surface area contributed by atoms with Gasteiger partial charge in [-0.05, 0) is 99.2 Å². The number of aryl methyl sites for hydroxylation is 2. The number of fused-ring (bicyclic) bond motifs is 2. The monoisotopic (exact) mass is 1040 g/mol. The molecular formula is C66H94N2O4S2. The van der Waals surface area contributed by atoms with Gasteiger partial charge in [0.1, 0.15) is 11.4 Å². The van der Waals surface area contributed by atoms with Crippen molar-refractivity contribution in [1.29, 1.82) is 0 Å². The first-order valence-corrected chi connectivity index (χ1v) is 31.7. The zero-order chi connectivity index (χ0) is 52.7. The quantitative estimate of drug-likeness (QED) is 0.0336. The van der Waals surface area contributed by atoms with E-state index in [1.165, 1.54) is 117 Å². The maximum Gasteiger partial charge on any atom is 0.234 e. The van der Waals surface area contributed by atoms with Gasteiger partial charge in [-0.25, -0.2) is 0 Å². The summed E-state index contributed by atoms with van der Waals surface area (Å²) in [4.78, 5) is 70.6. The van der Waals surface area contributed by atoms with Gasteiger partial charge in [0.2, 0.25) is 23.4 Å². The van der Waals surface area contributed by atoms with Crippen molar-refractivity contribution >= 4 is 57.4 Å². The molecule has 404 valence electrons. The van der Waals surface area contributed by atoms with Crippen LogP contribution >= 0.6 is 22.7 Å². The molecule has 2 unspecified atom stereocenters. The summed E-state index contributed by atoms with van der Waals surface area (Å²) in [6.45, 7) is 13.1. The average molecular weight is 1040 g/mol. The standard InChI is InChI=1S/C66H94N2O4S2/c1-7-11-15-19-23-25-29-33-37-51(35-31-27-21-17-13-9-3)65(71)67-56-47-49(5)39-42-54(56)63(69)61(67)62-64(70)55-43-41-53(58-45-46-60(74-58)59-44-40-50(6)73-59)48-57(55)68(62)66(72)52(36-32-28-22-18-14-10-4)38-34-30-26-24-20-16-12-8-2/h39-48,51-52H,7-38H2,1-6H3/b62-61+. The first-order valence-electron chi connectivity index (χ1n) is 30.1. The zero-order valence-electron chi connectivity index (χ0n) is 46.9. The fourth-order valence-electron chi connectivity index (χ4n) is 11.4. The number of allylic oxidation sites excluding steroid dienone is 2. The fourth-order valence-corrected chi connectivity index (χ4v) is 13.4. The van der Waals surface area contributed by atoms with Crippen molar-refractivity contribution in [1.82, 2.24) is 0 Å². The van der Waals surface area contributed by atoms with Gasteiger partial charge in [-0.3, -0.25) is 29.0 Å². The third-order valence-electron chi connectivity index (χ3n) is 15.9. The number of rotatable bonds is 36. The number of ketones is 2. The zero-order valence-corrected chi connectivity index (χ0v) is 48.5. The van der Waals surface area contributed by atoms with Gasteiger partial charge in [0.25, 0.3) is 0 Å². The van der Waals surface area contributed by atoms with Gasteiger partial charge in [0, 0.05) is 42.5 Å². The van der Waals surface area contributed by atoms with Crippen LogP contribution in [-0.4, -0.2) is 23.4 Å². The number of hydrogen-bond donors (Lipinski definition) is 0. The number of Topliss-reactive ketones (excluding diaryl/α,β-unsaturated/α-hetero) is 2. The number of nitrogens with zero attached hydrogens (tertiary/aromatic N) is 2. The van der Waals surface area contributed by atoms with E-state index in [-0.39, 0.29) is 46.6 Å². The van der Waals surface area contributed by atoms with Crippen molar-refractivity contribution in [2.24, 2.45) is 11.8 Å². The van der Waals surface area contributed by atoms with Gasteiger partial charge in [0.05, 0.1) is 11.4 Å². The molecule has 74 heavy (non-hydrogen) atoms. The molecule has 2 atom stereocenters. The second-order valence-electron chi connectivity index (χ2n) is 22.1. The van der Waals surface area contributed by atoms with Crippen molar-refractivity contribution in [3.63, 3.8) is 0 Å². The van der Waals surface area contributed by atoms with E-state index in [0.29, 0.717) is 22.5 Å². The Morgan fingerprint density at radius 1 is 0.405 bits per heavy atom. The minimum absolute atomic E-state index is 0.0598. The van der Waals surface area contributed by atoms with E-state index in [1.807, 2.05) is 43.3 Å². The van der Waals surface area contributed by atoms with Gasteiger partial charge in [-0.1, -0.05) is 220 Å². The number of hydrogen-bond acceptors (Lipinski definition) is 6. The molecule has 4 heterocycles. The SMILES string of the molecule is CCCCCCCCCCC(CCCCCCCC)C(=O)N1/C(=C2\C(=O)c3ccc(-c4ccc(-c5ccc(C)s5)s4)cc3N2C(=O)C(CCCCCCCC)CCCCCCCCCC)C(=O)c2ccc(C)cc21. The summed E-state index contributed by atoms with van der Waals surface area (Å²) < 4.78 is 0. The first-order chi connectivity index (χ1) is 36.1. The Morgan fingerprint density at radius 2 is 0.757 bits per heavy atom. The molecule has 2 aromatic heterocycles. The van der Waals surface area contributed by atoms with E-state index in [2.05, 4.69) is 58.9 Å². The third kappa shape index (κ3) is 16.4. The molecule has 0 aliphatic carbocycles. The molecule has 2 aromatic carbocycles. The number of carbonyl (C=O) groups is 4. The van der Waals surface area contributed by atoms with E-state index >= 15 is 19.2 Å². The van der Waals surface area contributed by atoms with Crippen LogP contribution in [0.15, 0.2) is 72.1 Å². The predicted molar refractivity (Wildman–Crippen MR) is 317 cm³/mol. The average Bonchev–Trinajstić information content (AvgIpc) is 4.19. The Labute approximate surface area is 456 Å². The molecule has 0 N–H and O–H groups in total. The van der Waals surface area contributed by atoms with Crippen LogP contribution in [0.4, 0.5) is 11.4 Å². The van der Waals surface area contributed by atoms with Gasteiger partial charge in [0.15, 0.2) is 0 Å². The summed E-state index contributed by atoms with van der Waals surface area (Å²) in [6.07, 6.45) is 35.3. The lowest BCUT2D eigenvalue weighted by molar-refractivity contribution is -0.123. The highest BCUT2D eigenvalue weighted by atomic mass is 32.1. The highest BCUT2D eigenvalue weighted by molar-refractivity contribution is 7.23. The molecule has 2 aliphatic heterocycles. The summed E-state index contributed by atoms with van der Waals surface area (Å²) in [5.74, 6) is -1.58. The molecule has 0 saturated carbocycles. The predicted octanol–water partition coefficient (Wildman–Crippen LogP) is 20.5. The molecule has 2 amide bonds. The van der Waals surface area contributed by atoms with E-state index in [9.17, 15) is 0 Å². The van der Waals surface area contributed by atoms with Gasteiger partial charge < -0.3 is 0 Å². The summed E-state index contributed by atoms with van der Waals surface area (Å²) in [6, 6.07) is 20.2. The number of amides is 2. The summed E-state index contributed by atoms with van der Waals surface area (Å²) in [5, 5.41) is 0. The number of thiophene rings is 2. The molecule has 2 aliphatic rings.